The Morgan fingerprint density at radius 3 is 2.57 bits per heavy atom. The number of rotatable bonds is 3. The van der Waals surface area contributed by atoms with Crippen molar-refractivity contribution < 1.29 is 23.8 Å². The highest BCUT2D eigenvalue weighted by Gasteiger charge is 2.32. The van der Waals surface area contributed by atoms with Crippen LogP contribution in [0.15, 0.2) is 22.8 Å². The van der Waals surface area contributed by atoms with Crippen LogP contribution in [-0.4, -0.2) is 58.7 Å². The number of carboxylic acid groups (broad SMARTS) is 1. The van der Waals surface area contributed by atoms with Crippen molar-refractivity contribution >= 4 is 12.1 Å². The number of aliphatic carboxylic acids is 1. The van der Waals surface area contributed by atoms with Crippen LogP contribution in [0.2, 0.25) is 0 Å². The number of hydrogen-bond donors (Lipinski definition) is 1. The van der Waals surface area contributed by atoms with E-state index >= 15 is 0 Å². The van der Waals surface area contributed by atoms with E-state index in [1.54, 1.807) is 17.0 Å². The standard InChI is InChI=1S/C16H24N2O5/c1-16(2,3)23-15(21)18-8-5-7-17(9-10-18)13(14(19)20)12-6-4-11-22-12/h4,6,11,13H,5,7-10H2,1-3H3,(H,19,20)/t13-/m0/s1. The minimum Gasteiger partial charge on any atom is -0.480 e. The van der Waals surface area contributed by atoms with E-state index in [-0.39, 0.29) is 6.09 Å². The van der Waals surface area contributed by atoms with Gasteiger partial charge in [-0.15, -0.1) is 0 Å². The van der Waals surface area contributed by atoms with Gasteiger partial charge in [0.15, 0.2) is 6.04 Å². The molecule has 1 aromatic heterocycles. The second-order valence-electron chi connectivity index (χ2n) is 6.61. The lowest BCUT2D eigenvalue weighted by molar-refractivity contribution is -0.144. The number of furan rings is 1. The second kappa shape index (κ2) is 7.04. The molecule has 2 rings (SSSR count). The van der Waals surface area contributed by atoms with Gasteiger partial charge in [-0.1, -0.05) is 0 Å². The molecule has 1 N–H and O–H groups in total. The Morgan fingerprint density at radius 1 is 1.26 bits per heavy atom. The summed E-state index contributed by atoms with van der Waals surface area (Å²) in [6.07, 6.45) is 1.80. The quantitative estimate of drug-likeness (QED) is 0.919. The van der Waals surface area contributed by atoms with Gasteiger partial charge in [-0.2, -0.15) is 0 Å². The summed E-state index contributed by atoms with van der Waals surface area (Å²) in [5, 5.41) is 9.51. The summed E-state index contributed by atoms with van der Waals surface area (Å²) in [7, 11) is 0. The molecule has 0 radical (unpaired) electrons. The molecule has 1 aliphatic heterocycles. The molecule has 1 aromatic rings. The molecule has 128 valence electrons. The zero-order chi connectivity index (χ0) is 17.0. The first-order valence-electron chi connectivity index (χ1n) is 7.76. The largest absolute Gasteiger partial charge is 0.480 e. The molecule has 0 saturated carbocycles. The molecule has 7 heteroatoms. The van der Waals surface area contributed by atoms with Crippen LogP contribution in [0.1, 0.15) is 39.0 Å². The minimum atomic E-state index is -0.953. The zero-order valence-electron chi connectivity index (χ0n) is 13.8. The number of carbonyl (C=O) groups is 2. The molecule has 7 nitrogen and oxygen atoms in total. The molecule has 1 fully saturated rings. The molecule has 0 aliphatic carbocycles. The van der Waals surface area contributed by atoms with Crippen LogP contribution >= 0.6 is 0 Å². The number of carboxylic acids is 1. The SMILES string of the molecule is CC(C)(C)OC(=O)N1CCCN([C@H](C(=O)O)c2ccco2)CC1. The molecule has 1 saturated heterocycles. The average molecular weight is 324 g/mol. The van der Waals surface area contributed by atoms with Crippen LogP contribution in [0.5, 0.6) is 0 Å². The highest BCUT2D eigenvalue weighted by Crippen LogP contribution is 2.23. The highest BCUT2D eigenvalue weighted by molar-refractivity contribution is 5.74. The molecular weight excluding hydrogens is 300 g/mol. The fraction of sp³-hybridized carbons (Fsp3) is 0.625. The van der Waals surface area contributed by atoms with Crippen molar-refractivity contribution in [2.24, 2.45) is 0 Å². The third kappa shape index (κ3) is 4.72. The maximum Gasteiger partial charge on any atom is 0.410 e. The van der Waals surface area contributed by atoms with Crippen molar-refractivity contribution in [2.75, 3.05) is 26.2 Å². The van der Waals surface area contributed by atoms with Crippen molar-refractivity contribution in [1.29, 1.82) is 0 Å². The minimum absolute atomic E-state index is 0.357. The first kappa shape index (κ1) is 17.3. The van der Waals surface area contributed by atoms with E-state index in [9.17, 15) is 14.7 Å². The van der Waals surface area contributed by atoms with Gasteiger partial charge in [0.2, 0.25) is 0 Å². The number of hydrogen-bond acceptors (Lipinski definition) is 5. The Bertz CT molecular complexity index is 535. The van der Waals surface area contributed by atoms with Crippen LogP contribution in [0.4, 0.5) is 4.79 Å². The van der Waals surface area contributed by atoms with E-state index < -0.39 is 17.6 Å². The summed E-state index contributed by atoms with van der Waals surface area (Å²) in [4.78, 5) is 27.2. The second-order valence-corrected chi connectivity index (χ2v) is 6.61. The van der Waals surface area contributed by atoms with Crippen LogP contribution in [0.25, 0.3) is 0 Å². The van der Waals surface area contributed by atoms with Crippen molar-refractivity contribution in [3.8, 4) is 0 Å². The van der Waals surface area contributed by atoms with E-state index in [1.165, 1.54) is 6.26 Å². The molecule has 0 aromatic carbocycles. The number of amides is 1. The molecule has 1 atom stereocenters. The molecule has 23 heavy (non-hydrogen) atoms. The van der Waals surface area contributed by atoms with Crippen LogP contribution in [0, 0.1) is 0 Å². The Kier molecular flexibility index (Phi) is 5.30. The summed E-state index contributed by atoms with van der Waals surface area (Å²) in [5.41, 5.74) is -0.541. The van der Waals surface area contributed by atoms with Gasteiger partial charge >= 0.3 is 12.1 Å². The predicted molar refractivity (Wildman–Crippen MR) is 83.1 cm³/mol. The lowest BCUT2D eigenvalue weighted by atomic mass is 10.2. The fourth-order valence-electron chi connectivity index (χ4n) is 2.61. The van der Waals surface area contributed by atoms with Crippen LogP contribution < -0.4 is 0 Å². The van der Waals surface area contributed by atoms with Crippen LogP contribution in [-0.2, 0) is 9.53 Å². The zero-order valence-corrected chi connectivity index (χ0v) is 13.8. The fourth-order valence-corrected chi connectivity index (χ4v) is 2.61. The molecule has 1 amide bonds. The maximum absolute atomic E-state index is 12.2. The highest BCUT2D eigenvalue weighted by atomic mass is 16.6. The maximum atomic E-state index is 12.2. The Morgan fingerprint density at radius 2 is 2.00 bits per heavy atom. The lowest BCUT2D eigenvalue weighted by Crippen LogP contribution is -2.40. The Hall–Kier alpha value is -2.02. The van der Waals surface area contributed by atoms with Crippen molar-refractivity contribution in [3.63, 3.8) is 0 Å². The van der Waals surface area contributed by atoms with Gasteiger partial charge in [0.1, 0.15) is 11.4 Å². The number of carbonyl (C=O) groups excluding carboxylic acids is 1. The summed E-state index contributed by atoms with van der Waals surface area (Å²) in [6, 6.07) is 2.51. The summed E-state index contributed by atoms with van der Waals surface area (Å²) >= 11 is 0. The smallest absolute Gasteiger partial charge is 0.410 e. The third-order valence-corrected chi connectivity index (χ3v) is 3.59. The summed E-state index contributed by atoms with van der Waals surface area (Å²) < 4.78 is 10.6. The van der Waals surface area contributed by atoms with Gasteiger partial charge < -0.3 is 19.2 Å². The average Bonchev–Trinajstić information content (AvgIpc) is 2.81. The number of ether oxygens (including phenoxy) is 1. The molecular formula is C16H24N2O5. The summed E-state index contributed by atoms with van der Waals surface area (Å²) in [6.45, 7) is 7.49. The van der Waals surface area contributed by atoms with Gasteiger partial charge in [-0.3, -0.25) is 9.69 Å². The van der Waals surface area contributed by atoms with Gasteiger partial charge in [0.05, 0.1) is 6.26 Å². The Labute approximate surface area is 135 Å². The normalized spacial score (nSPS) is 18.3. The number of nitrogens with zero attached hydrogens (tertiary/aromatic N) is 2. The van der Waals surface area contributed by atoms with E-state index in [2.05, 4.69) is 0 Å². The van der Waals surface area contributed by atoms with Gasteiger partial charge in [-0.25, -0.2) is 4.79 Å². The van der Waals surface area contributed by atoms with E-state index in [1.807, 2.05) is 25.7 Å². The molecule has 0 spiro atoms. The van der Waals surface area contributed by atoms with Crippen molar-refractivity contribution in [1.82, 2.24) is 9.80 Å². The van der Waals surface area contributed by atoms with E-state index in [0.717, 1.165) is 0 Å². The van der Waals surface area contributed by atoms with Gasteiger partial charge in [0.25, 0.3) is 0 Å². The van der Waals surface area contributed by atoms with Crippen molar-refractivity contribution in [3.05, 3.63) is 24.2 Å². The van der Waals surface area contributed by atoms with Crippen molar-refractivity contribution in [2.45, 2.75) is 38.8 Å². The first-order valence-corrected chi connectivity index (χ1v) is 7.76. The monoisotopic (exact) mass is 324 g/mol. The summed E-state index contributed by atoms with van der Waals surface area (Å²) in [5.74, 6) is -0.547. The third-order valence-electron chi connectivity index (χ3n) is 3.59. The first-order chi connectivity index (χ1) is 10.8. The van der Waals surface area contributed by atoms with Gasteiger partial charge in [-0.05, 0) is 39.3 Å². The molecule has 1 aliphatic rings. The molecule has 2 heterocycles. The van der Waals surface area contributed by atoms with E-state index in [0.29, 0.717) is 38.4 Å². The molecule has 0 unspecified atom stereocenters. The topological polar surface area (TPSA) is 83.2 Å². The van der Waals surface area contributed by atoms with E-state index in [4.69, 9.17) is 9.15 Å². The van der Waals surface area contributed by atoms with Gasteiger partial charge in [0, 0.05) is 26.2 Å². The predicted octanol–water partition coefficient (Wildman–Crippen LogP) is 2.35. The van der Waals surface area contributed by atoms with Crippen LogP contribution in [0.3, 0.4) is 0 Å². The lowest BCUT2D eigenvalue weighted by Gasteiger charge is -2.27. The Balaban J connectivity index is 2.02. The molecule has 0 bridgehead atoms.